The van der Waals surface area contributed by atoms with Gasteiger partial charge < -0.3 is 96.6 Å². The van der Waals surface area contributed by atoms with Crippen molar-refractivity contribution in [1.29, 1.82) is 0 Å². The lowest BCUT2D eigenvalue weighted by Gasteiger charge is -2.48. The molecule has 0 radical (unpaired) electrons. The van der Waals surface area contributed by atoms with E-state index in [9.17, 15) is 44.8 Å². The molecule has 11 atom stereocenters. The fraction of sp³-hybridized carbons (Fsp3) is 0.343. The molecule has 9 aromatic rings. The van der Waals surface area contributed by atoms with E-state index in [4.69, 9.17) is 49.1 Å². The van der Waals surface area contributed by atoms with E-state index in [1.54, 1.807) is 55.7 Å². The van der Waals surface area contributed by atoms with Gasteiger partial charge in [-0.25, -0.2) is 44.3 Å². The number of thiazole rings is 5. The zero-order valence-electron chi connectivity index (χ0n) is 57.0. The second-order valence-electron chi connectivity index (χ2n) is 25.4. The highest BCUT2D eigenvalue weighted by molar-refractivity contribution is 7.14. The van der Waals surface area contributed by atoms with Gasteiger partial charge in [0, 0.05) is 49.8 Å². The number of urea groups is 1. The van der Waals surface area contributed by atoms with Crippen LogP contribution < -0.4 is 37.6 Å². The number of esters is 2. The number of hydrogen-bond acceptors (Lipinski definition) is 31. The number of aliphatic hydroxyl groups is 2. The molecular weight excluding hydrogens is 1480 g/mol. The van der Waals surface area contributed by atoms with Gasteiger partial charge in [0.05, 0.1) is 55.3 Å². The van der Waals surface area contributed by atoms with Gasteiger partial charge >= 0.3 is 18.0 Å². The van der Waals surface area contributed by atoms with Gasteiger partial charge in [-0.15, -0.1) is 56.7 Å². The van der Waals surface area contributed by atoms with E-state index in [2.05, 4.69) is 46.9 Å². The summed E-state index contributed by atoms with van der Waals surface area (Å²) in [5.41, 5.74) is 3.50. The molecule has 7 amide bonds. The van der Waals surface area contributed by atoms with Crippen molar-refractivity contribution in [3.8, 4) is 44.2 Å². The highest BCUT2D eigenvalue weighted by atomic mass is 32.1. The number of carbonyl (C=O) groups excluding carboxylic acids is 8. The molecule has 106 heavy (non-hydrogen) atoms. The molecule has 39 heteroatoms. The SMILES string of the molecule is CO/C(C)=C1/NC(=O)[C@H]([C@@H](C)O)NC(=O)c2csc(n2)-c2cc(O)c(-c3nc(CNC(=O)C(NC(N)=O)c4ccc(O)cc4)cs3)nc2-c2csc(n2)[C@@H]2COC(=O)c3c4c5c(cccc5n3O)COC(=O)[C@@H](O[C@H]3C[C@](C)(O)[C@H](N(C)C)[C@H](C)O3)[C@@H](OC4)[C@H](NC(=O)c3csc1n3)c1nc(cs1)C(=O)N2. The highest BCUT2D eigenvalue weighted by Gasteiger charge is 2.50. The summed E-state index contributed by atoms with van der Waals surface area (Å²) in [4.78, 5) is 145. The zero-order valence-corrected chi connectivity index (χ0v) is 61.0. The lowest BCUT2D eigenvalue weighted by atomic mass is 9.85. The summed E-state index contributed by atoms with van der Waals surface area (Å²) in [5, 5.41) is 81.0. The normalized spacial score (nSPS) is 23.4. The van der Waals surface area contributed by atoms with Crippen molar-refractivity contribution in [1.82, 2.24) is 71.4 Å². The Hall–Kier alpha value is -10.5. The standard InChI is InChI=1S/C67H67N15O19S5/c1-26(83)44-58(90)78-45(27(2)96-7)61-74-39(25-105-61)56(88)79-49-51-52(101-42-16-67(4,94)53(81(5)6)28(3)100-42)65(92)98-18-30-9-8-10-40-43(30)34(19-97-51)50(82(40)95)64(91)99-20-35(71-54(86)37-24-106-63(49)75-37)60-72-36(22-104-60)47-33(59-73-38(23-103-59)55(87)77-44)15-41(85)48(76-47)62-70-31(21-102-62)17-69-57(89)46(80-66(68)93)29-11-13-32(84)14-12-29/h8-15,21-26,28,35,42,44,46,49,51-53,83-85,94-95H,16-20H2,1-7H3,(H,69,89)(H,71,86)(H,77,87)(H,78,90)(H,79,88)(H3,68,80,93)/b45-27+/t26-,28+,35+,42+,44+,46?,49+,51+,52+,53-,67+/m1/s1. The van der Waals surface area contributed by atoms with E-state index < -0.39 is 145 Å². The van der Waals surface area contributed by atoms with Crippen molar-refractivity contribution in [3.63, 3.8) is 0 Å². The summed E-state index contributed by atoms with van der Waals surface area (Å²) in [7, 11) is 4.84. The molecule has 7 aromatic heterocycles. The summed E-state index contributed by atoms with van der Waals surface area (Å²) >= 11 is 4.63. The van der Waals surface area contributed by atoms with Crippen LogP contribution in [-0.2, 0) is 62.6 Å². The minimum absolute atomic E-state index is 0.00377. The van der Waals surface area contributed by atoms with Crippen molar-refractivity contribution >= 4 is 121 Å². The van der Waals surface area contributed by atoms with Crippen LogP contribution in [0.1, 0.15) is 132 Å². The van der Waals surface area contributed by atoms with Crippen molar-refractivity contribution in [2.24, 2.45) is 5.73 Å². The Labute approximate surface area is 620 Å². The first kappa shape index (κ1) is 73.8. The predicted octanol–water partition coefficient (Wildman–Crippen LogP) is 4.89. The van der Waals surface area contributed by atoms with Gasteiger partial charge in [0.25, 0.3) is 17.7 Å². The average molecular weight is 1550 g/mol. The number of aliphatic hydroxyl groups excluding tert-OH is 1. The quantitative estimate of drug-likeness (QED) is 0.0465. The molecule has 2 aromatic carbocycles. The largest absolute Gasteiger partial charge is 0.508 e. The number of methoxy groups -OCH3 is 1. The number of cyclic esters (lactones) is 2. The number of carbonyl (C=O) groups is 8. The number of ether oxygens (including phenoxy) is 6. The Balaban J connectivity index is 0.951. The molecule has 12 bridgehead atoms. The smallest absolute Gasteiger partial charge is 0.358 e. The lowest BCUT2D eigenvalue weighted by Crippen LogP contribution is -2.62. The molecule has 0 aliphatic carbocycles. The first-order valence-electron chi connectivity index (χ1n) is 32.4. The van der Waals surface area contributed by atoms with Crippen molar-refractivity contribution < 1.29 is 92.4 Å². The van der Waals surface area contributed by atoms with Gasteiger partial charge in [-0.3, -0.25) is 24.0 Å². The maximum Gasteiger partial charge on any atom is 0.358 e. The number of primary amides is 1. The van der Waals surface area contributed by atoms with E-state index in [0.29, 0.717) is 15.9 Å². The van der Waals surface area contributed by atoms with Crippen LogP contribution in [0, 0.1) is 0 Å². The molecule has 1 saturated heterocycles. The highest BCUT2D eigenvalue weighted by Crippen LogP contribution is 2.43. The summed E-state index contributed by atoms with van der Waals surface area (Å²) in [5.74, 6) is -7.13. The van der Waals surface area contributed by atoms with Crippen LogP contribution in [0.4, 0.5) is 4.79 Å². The molecule has 1 unspecified atom stereocenters. The van der Waals surface area contributed by atoms with Crippen LogP contribution in [0.5, 0.6) is 11.5 Å². The summed E-state index contributed by atoms with van der Waals surface area (Å²) in [6.07, 6.45) is -7.59. The Morgan fingerprint density at radius 3 is 2.21 bits per heavy atom. The summed E-state index contributed by atoms with van der Waals surface area (Å²) < 4.78 is 38.3. The molecular formula is C67H67N15O19S5. The van der Waals surface area contributed by atoms with Gasteiger partial charge in [0.1, 0.15) is 126 Å². The second-order valence-corrected chi connectivity index (χ2v) is 29.7. The van der Waals surface area contributed by atoms with Gasteiger partial charge in [-0.1, -0.05) is 24.3 Å². The Morgan fingerprint density at radius 1 is 0.821 bits per heavy atom. The number of aromatic nitrogens is 7. The van der Waals surface area contributed by atoms with Crippen molar-refractivity contribution in [2.75, 3.05) is 27.8 Å². The van der Waals surface area contributed by atoms with Crippen molar-refractivity contribution in [2.45, 2.75) is 120 Å². The molecule has 11 heterocycles. The number of nitrogens with one attached hydrogen (secondary N) is 6. The fourth-order valence-corrected chi connectivity index (χ4v) is 17.1. The van der Waals surface area contributed by atoms with E-state index in [0.717, 1.165) is 56.7 Å². The maximum absolute atomic E-state index is 15.2. The topological polar surface area (TPSA) is 477 Å². The third kappa shape index (κ3) is 14.9. The van der Waals surface area contributed by atoms with E-state index in [-0.39, 0.29) is 117 Å². The minimum Gasteiger partial charge on any atom is -0.508 e. The number of aromatic hydroxyl groups is 2. The molecule has 4 aliphatic rings. The number of allylic oxidation sites excluding steroid dienone is 1. The monoisotopic (exact) mass is 1550 g/mol. The Morgan fingerprint density at radius 2 is 1.49 bits per heavy atom. The number of fused-ring (bicyclic) bond motifs is 15. The lowest BCUT2D eigenvalue weighted by molar-refractivity contribution is -0.280. The number of likely N-dealkylation sites (N-methyl/N-ethyl adjacent to an activating group) is 1. The number of pyridine rings is 1. The average Bonchev–Trinajstić information content (AvgIpc) is 1.68. The molecule has 0 saturated carbocycles. The Kier molecular flexibility index (Phi) is 21.0. The Bertz CT molecular complexity index is 4990. The number of phenolic OH excluding ortho intramolecular Hbond substituents is 1. The number of rotatable bonds is 11. The van der Waals surface area contributed by atoms with Gasteiger partial charge in [0.15, 0.2) is 18.1 Å². The van der Waals surface area contributed by atoms with Crippen molar-refractivity contribution in [3.05, 3.63) is 141 Å². The van der Waals surface area contributed by atoms with Crippen LogP contribution in [0.3, 0.4) is 0 Å². The minimum atomic E-state index is -1.92. The second kappa shape index (κ2) is 30.2. The van der Waals surface area contributed by atoms with Crippen LogP contribution in [-0.4, -0.2) is 189 Å². The number of hydrogen-bond donors (Lipinski definition) is 12. The van der Waals surface area contributed by atoms with E-state index >= 15 is 19.2 Å². The first-order valence-corrected chi connectivity index (χ1v) is 36.8. The number of nitrogens with two attached hydrogens (primary N) is 1. The van der Waals surface area contributed by atoms with Crippen LogP contribution in [0.25, 0.3) is 49.3 Å². The summed E-state index contributed by atoms with van der Waals surface area (Å²) in [6, 6.07) is 3.92. The first-order chi connectivity index (χ1) is 50.6. The van der Waals surface area contributed by atoms with Gasteiger partial charge in [-0.05, 0) is 77.2 Å². The molecule has 0 spiro atoms. The third-order valence-corrected chi connectivity index (χ3v) is 22.3. The predicted molar refractivity (Wildman–Crippen MR) is 380 cm³/mol. The fourth-order valence-electron chi connectivity index (χ4n) is 12.9. The number of nitrogens with zero attached hydrogens (tertiary/aromatic N) is 8. The molecule has 554 valence electrons. The molecule has 4 aliphatic heterocycles. The molecule has 13 N–H and O–H groups in total. The number of amides is 7. The molecule has 1 fully saturated rings. The van der Waals surface area contributed by atoms with Crippen LogP contribution in [0.15, 0.2) is 81.2 Å². The van der Waals surface area contributed by atoms with E-state index in [1.165, 1.54) is 73.5 Å². The molecule has 13 rings (SSSR count). The maximum atomic E-state index is 15.2. The molecule has 34 nitrogen and oxygen atoms in total. The van der Waals surface area contributed by atoms with Crippen LogP contribution in [0.2, 0.25) is 0 Å². The summed E-state index contributed by atoms with van der Waals surface area (Å²) in [6.45, 7) is 4.03. The van der Waals surface area contributed by atoms with Gasteiger partial charge in [-0.2, -0.15) is 4.73 Å². The zero-order chi connectivity index (χ0) is 75.3. The number of phenols is 1. The van der Waals surface area contributed by atoms with E-state index in [1.807, 2.05) is 0 Å². The van der Waals surface area contributed by atoms with Crippen LogP contribution >= 0.6 is 56.7 Å². The third-order valence-electron chi connectivity index (χ3n) is 17.8. The van der Waals surface area contributed by atoms with Gasteiger partial charge in [0.2, 0.25) is 11.8 Å². The number of benzene rings is 2.